The molecule has 0 fully saturated rings. The van der Waals surface area contributed by atoms with E-state index >= 15 is 0 Å². The van der Waals surface area contributed by atoms with E-state index in [1.54, 1.807) is 0 Å². The first-order chi connectivity index (χ1) is 11.7. The zero-order valence-corrected chi connectivity index (χ0v) is 15.3. The second-order valence-corrected chi connectivity index (χ2v) is 6.11. The van der Waals surface area contributed by atoms with Crippen LogP contribution in [0.15, 0.2) is 0 Å². The molecule has 25 heavy (non-hydrogen) atoms. The van der Waals surface area contributed by atoms with E-state index in [2.05, 4.69) is 23.3 Å². The summed E-state index contributed by atoms with van der Waals surface area (Å²) in [6, 6.07) is -2.70. The molecule has 3 atom stereocenters. The van der Waals surface area contributed by atoms with Crippen LogP contribution >= 0.6 is 12.6 Å². The Morgan fingerprint density at radius 3 is 2.20 bits per heavy atom. The first kappa shape index (κ1) is 23.4. The largest absolute Gasteiger partial charge is 0.480 e. The minimum Gasteiger partial charge on any atom is -0.480 e. The topological polar surface area (TPSA) is 165 Å². The molecule has 0 spiro atoms. The molecule has 7 N–H and O–H groups in total. The molecule has 0 aliphatic heterocycles. The summed E-state index contributed by atoms with van der Waals surface area (Å²) >= 11 is 4.04. The van der Waals surface area contributed by atoms with Crippen molar-refractivity contribution in [3.8, 4) is 0 Å². The average Bonchev–Trinajstić information content (AvgIpc) is 2.56. The first-order valence-electron chi connectivity index (χ1n) is 8.12. The number of rotatable bonds is 13. The molecule has 10 heteroatoms. The molecule has 0 rings (SSSR count). The van der Waals surface area contributed by atoms with Gasteiger partial charge in [0.25, 0.3) is 0 Å². The number of nitrogens with two attached hydrogens (primary N) is 2. The van der Waals surface area contributed by atoms with Gasteiger partial charge in [-0.2, -0.15) is 12.6 Å². The van der Waals surface area contributed by atoms with Crippen LogP contribution in [-0.4, -0.2) is 59.1 Å². The van der Waals surface area contributed by atoms with Gasteiger partial charge in [-0.05, 0) is 39.2 Å². The highest BCUT2D eigenvalue weighted by atomic mass is 32.1. The number of unbranched alkanes of at least 4 members (excludes halogenated alkanes) is 1. The van der Waals surface area contributed by atoms with E-state index in [4.69, 9.17) is 16.6 Å². The van der Waals surface area contributed by atoms with E-state index in [0.717, 1.165) is 6.42 Å². The Bertz CT molecular complexity index is 475. The molecule has 0 aromatic rings. The molecule has 144 valence electrons. The van der Waals surface area contributed by atoms with Crippen LogP contribution in [0.4, 0.5) is 0 Å². The molecule has 0 aliphatic rings. The number of hydrogen-bond donors (Lipinski definition) is 6. The van der Waals surface area contributed by atoms with E-state index in [9.17, 15) is 19.2 Å². The summed E-state index contributed by atoms with van der Waals surface area (Å²) in [6.07, 6.45) is 1.75. The lowest BCUT2D eigenvalue weighted by Gasteiger charge is -2.21. The lowest BCUT2D eigenvalue weighted by atomic mass is 10.1. The van der Waals surface area contributed by atoms with Crippen molar-refractivity contribution in [2.75, 3.05) is 12.3 Å². The zero-order valence-electron chi connectivity index (χ0n) is 14.4. The van der Waals surface area contributed by atoms with Gasteiger partial charge in [0.15, 0.2) is 5.78 Å². The van der Waals surface area contributed by atoms with Crippen LogP contribution in [-0.2, 0) is 19.2 Å². The van der Waals surface area contributed by atoms with E-state index in [1.807, 2.05) is 0 Å². The second-order valence-electron chi connectivity index (χ2n) is 5.74. The number of ketones is 1. The summed E-state index contributed by atoms with van der Waals surface area (Å²) < 4.78 is 0. The quantitative estimate of drug-likeness (QED) is 0.100. The van der Waals surface area contributed by atoms with Gasteiger partial charge >= 0.3 is 5.97 Å². The molecule has 0 radical (unpaired) electrons. The summed E-state index contributed by atoms with van der Waals surface area (Å²) in [4.78, 5) is 46.3. The maximum atomic E-state index is 12.2. The van der Waals surface area contributed by atoms with Crippen LogP contribution in [0.25, 0.3) is 0 Å². The maximum absolute atomic E-state index is 12.2. The second kappa shape index (κ2) is 12.7. The molecule has 2 amide bonds. The number of carboxylic acid groups (broad SMARTS) is 1. The van der Waals surface area contributed by atoms with E-state index in [-0.39, 0.29) is 24.4 Å². The normalized spacial score (nSPS) is 14.2. The number of aliphatic carboxylic acids is 1. The van der Waals surface area contributed by atoms with Gasteiger partial charge in [0.1, 0.15) is 12.1 Å². The molecular weight excluding hydrogens is 356 g/mol. The first-order valence-corrected chi connectivity index (χ1v) is 8.75. The summed E-state index contributed by atoms with van der Waals surface area (Å²) in [7, 11) is 0. The number of carboxylic acids is 1. The SMILES string of the molecule is C[13C](=O)[13CH]([13CH2][13CH2][13CH2][13CH2][15NH2])[15NH]C(=O)C(CS)NC(=O)CCC(N)C(=O)O. The summed E-state index contributed by atoms with van der Waals surface area (Å²) in [5.74, 6) is -2.36. The molecule has 9 nitrogen and oxygen atoms in total. The van der Waals surface area contributed by atoms with Crippen LogP contribution in [0.3, 0.4) is 0 Å². The van der Waals surface area contributed by atoms with Gasteiger partial charge in [-0.3, -0.25) is 19.2 Å². The minimum atomic E-state index is -1.20. The number of Topliss-reactive ketones (excluding diaryl/α,β-unsaturated/α-hetero) is 1. The molecule has 0 heterocycles. The van der Waals surface area contributed by atoms with Crippen molar-refractivity contribution in [1.82, 2.24) is 10.6 Å². The highest BCUT2D eigenvalue weighted by Crippen LogP contribution is 2.03. The fourth-order valence-electron chi connectivity index (χ4n) is 2.01. The lowest BCUT2D eigenvalue weighted by molar-refractivity contribution is -0.138. The fraction of sp³-hybridized carbons (Fsp3) is 0.733. The van der Waals surface area contributed by atoms with Crippen molar-refractivity contribution in [3.05, 3.63) is 0 Å². The molecule has 0 aromatic heterocycles. The van der Waals surface area contributed by atoms with Crippen molar-refractivity contribution in [2.24, 2.45) is 11.5 Å². The van der Waals surface area contributed by atoms with Crippen LogP contribution in [0, 0.1) is 0 Å². The molecule has 0 saturated carbocycles. The predicted octanol–water partition coefficient (Wildman–Crippen LogP) is -1.20. The third kappa shape index (κ3) is 10.0. The van der Waals surface area contributed by atoms with Crippen molar-refractivity contribution in [1.29, 1.82) is 0 Å². The van der Waals surface area contributed by atoms with Gasteiger partial charge in [0, 0.05) is 12.2 Å². The van der Waals surface area contributed by atoms with Gasteiger partial charge in [-0.1, -0.05) is 0 Å². The Labute approximate surface area is 152 Å². The summed E-state index contributed by atoms with van der Waals surface area (Å²) in [5, 5.41) is 13.7. The van der Waals surface area contributed by atoms with Crippen LogP contribution in [0.2, 0.25) is 0 Å². The fourth-order valence-corrected chi connectivity index (χ4v) is 2.27. The van der Waals surface area contributed by atoms with Crippen molar-refractivity contribution >= 4 is 36.2 Å². The van der Waals surface area contributed by atoms with Gasteiger partial charge in [0.05, 0.1) is 6.04 Å². The number of amides is 2. The minimum absolute atomic E-state index is 0.0377. The maximum Gasteiger partial charge on any atom is 0.320 e. The number of carbonyl (C=O) groups excluding carboxylic acids is 3. The Hall–Kier alpha value is -1.65. The van der Waals surface area contributed by atoms with E-state index in [0.29, 0.717) is 19.4 Å². The van der Waals surface area contributed by atoms with Crippen LogP contribution in [0.5, 0.6) is 0 Å². The number of nitrogens with one attached hydrogen (secondary N) is 2. The highest BCUT2D eigenvalue weighted by molar-refractivity contribution is 7.80. The highest BCUT2D eigenvalue weighted by Gasteiger charge is 2.24. The van der Waals surface area contributed by atoms with Crippen LogP contribution < -0.4 is 22.1 Å². The molecular formula is C15H28N4O5S. The lowest BCUT2D eigenvalue weighted by Crippen LogP contribution is -2.52. The average molecular weight is 384 g/mol. The standard InChI is InChI=1S/C15H28N4O5S/c1-9(20)11(4-2-3-7-16)19-14(22)12(8-25)18-13(21)6-5-10(17)15(23)24/h10-12,25H,2-8,16-17H2,1H3,(H,18,21)(H,19,22)(H,23,24)/i2+1,3+1,4+1,7+1,9+1,11+1,16+1,19+1. The Morgan fingerprint density at radius 1 is 1.08 bits per heavy atom. The number of thiol groups is 1. The third-order valence-electron chi connectivity index (χ3n) is 3.59. The Kier molecular flexibility index (Phi) is 11.8. The summed E-state index contributed by atoms with van der Waals surface area (Å²) in [6.45, 7) is 1.89. The molecule has 3 unspecified atom stereocenters. The summed E-state index contributed by atoms with van der Waals surface area (Å²) in [5.41, 5.74) is 10.7. The smallest absolute Gasteiger partial charge is 0.320 e. The molecule has 0 aliphatic carbocycles. The Balaban J connectivity index is 4.54. The molecule has 0 saturated heterocycles. The Morgan fingerprint density at radius 2 is 1.72 bits per heavy atom. The van der Waals surface area contributed by atoms with Gasteiger partial charge in [-0.15, -0.1) is 0 Å². The number of hydrogen-bond acceptors (Lipinski definition) is 7. The van der Waals surface area contributed by atoms with Gasteiger partial charge < -0.3 is 27.2 Å². The number of carbonyl (C=O) groups is 4. The molecule has 0 aromatic carbocycles. The van der Waals surface area contributed by atoms with Crippen molar-refractivity contribution < 1.29 is 24.3 Å². The third-order valence-corrected chi connectivity index (χ3v) is 3.95. The van der Waals surface area contributed by atoms with Crippen LogP contribution in [0.1, 0.15) is 39.0 Å². The molecule has 0 bridgehead atoms. The van der Waals surface area contributed by atoms with Crippen molar-refractivity contribution in [3.63, 3.8) is 0 Å². The van der Waals surface area contributed by atoms with Gasteiger partial charge in [-0.25, -0.2) is 0 Å². The van der Waals surface area contributed by atoms with Crippen molar-refractivity contribution in [2.45, 2.75) is 57.2 Å². The van der Waals surface area contributed by atoms with E-state index < -0.39 is 35.9 Å². The van der Waals surface area contributed by atoms with Gasteiger partial charge in [0.2, 0.25) is 11.8 Å². The van der Waals surface area contributed by atoms with E-state index in [1.165, 1.54) is 6.92 Å². The zero-order chi connectivity index (χ0) is 19.4. The predicted molar refractivity (Wildman–Crippen MR) is 96.1 cm³/mol. The monoisotopic (exact) mass is 384 g/mol.